The molecule has 2 unspecified atom stereocenters. The van der Waals surface area contributed by atoms with E-state index < -0.39 is 12.1 Å². The summed E-state index contributed by atoms with van der Waals surface area (Å²) in [5.74, 6) is -0.551. The van der Waals surface area contributed by atoms with E-state index in [1.165, 1.54) is 6.07 Å². The number of nitrogens with one attached hydrogen (secondary N) is 3. The average molecular weight is 398 g/mol. The molecule has 7 heteroatoms. The molecule has 0 aliphatic carbocycles. The summed E-state index contributed by atoms with van der Waals surface area (Å²) in [6, 6.07) is 12.9. The van der Waals surface area contributed by atoms with Crippen LogP contribution in [-0.2, 0) is 4.79 Å². The van der Waals surface area contributed by atoms with Crippen LogP contribution in [0.2, 0.25) is 0 Å². The first kappa shape index (κ1) is 20.6. The number of para-hydroxylation sites is 1. The van der Waals surface area contributed by atoms with Gasteiger partial charge in [0.2, 0.25) is 5.91 Å². The van der Waals surface area contributed by atoms with Gasteiger partial charge in [-0.2, -0.15) is 0 Å². The maximum atomic E-state index is 14.2. The van der Waals surface area contributed by atoms with Crippen LogP contribution < -0.4 is 20.9 Å². The van der Waals surface area contributed by atoms with E-state index in [4.69, 9.17) is 0 Å². The molecule has 2 atom stereocenters. The van der Waals surface area contributed by atoms with Crippen molar-refractivity contribution in [2.24, 2.45) is 0 Å². The molecule has 154 valence electrons. The Bertz CT molecular complexity index is 859. The van der Waals surface area contributed by atoms with E-state index in [9.17, 15) is 14.0 Å². The van der Waals surface area contributed by atoms with Crippen LogP contribution in [0, 0.1) is 12.7 Å². The zero-order valence-electron chi connectivity index (χ0n) is 16.7. The van der Waals surface area contributed by atoms with Crippen molar-refractivity contribution in [3.8, 4) is 0 Å². The topological polar surface area (TPSA) is 73.5 Å². The van der Waals surface area contributed by atoms with Crippen LogP contribution in [0.1, 0.15) is 25.3 Å². The quantitative estimate of drug-likeness (QED) is 0.723. The zero-order valence-corrected chi connectivity index (χ0v) is 16.7. The molecule has 1 saturated heterocycles. The van der Waals surface area contributed by atoms with Gasteiger partial charge in [-0.15, -0.1) is 0 Å². The number of aryl methyl sites for hydroxylation is 1. The number of carbonyl (C=O) groups is 2. The summed E-state index contributed by atoms with van der Waals surface area (Å²) in [7, 11) is 0. The Hall–Kier alpha value is -3.09. The molecule has 3 amide bonds. The van der Waals surface area contributed by atoms with Crippen molar-refractivity contribution in [1.82, 2.24) is 10.6 Å². The van der Waals surface area contributed by atoms with Crippen molar-refractivity contribution >= 4 is 23.3 Å². The molecule has 1 aliphatic rings. The van der Waals surface area contributed by atoms with Gasteiger partial charge in [0.25, 0.3) is 0 Å². The van der Waals surface area contributed by atoms with E-state index >= 15 is 0 Å². The number of nitrogens with zero attached hydrogens (tertiary/aromatic N) is 1. The lowest BCUT2D eigenvalue weighted by molar-refractivity contribution is -0.117. The third-order valence-electron chi connectivity index (χ3n) is 4.98. The molecule has 0 radical (unpaired) electrons. The van der Waals surface area contributed by atoms with Gasteiger partial charge in [-0.3, -0.25) is 4.79 Å². The fourth-order valence-electron chi connectivity index (χ4n) is 3.44. The monoisotopic (exact) mass is 398 g/mol. The number of urea groups is 1. The number of benzene rings is 2. The molecule has 0 aromatic heterocycles. The zero-order chi connectivity index (χ0) is 20.8. The minimum absolute atomic E-state index is 0.118. The molecule has 29 heavy (non-hydrogen) atoms. The standard InChI is InChI=1S/C22H27FN4O2/c1-15-10-11-19(23)20(13-15)27-12-6-9-18(14-27)26-22(29)24-16(2)21(28)25-17-7-4-3-5-8-17/h3-5,7-8,10-11,13,16,18H,6,9,12,14H2,1-2H3,(H,25,28)(H2,24,26,29). The van der Waals surface area contributed by atoms with Gasteiger partial charge in [0, 0.05) is 24.8 Å². The van der Waals surface area contributed by atoms with E-state index in [1.807, 2.05) is 36.1 Å². The molecule has 3 N–H and O–H groups in total. The average Bonchev–Trinajstić information content (AvgIpc) is 2.70. The summed E-state index contributed by atoms with van der Waals surface area (Å²) >= 11 is 0. The molecule has 2 aromatic rings. The van der Waals surface area contributed by atoms with Crippen molar-refractivity contribution in [3.63, 3.8) is 0 Å². The van der Waals surface area contributed by atoms with E-state index in [0.717, 1.165) is 24.9 Å². The second kappa shape index (κ2) is 9.41. The van der Waals surface area contributed by atoms with Gasteiger partial charge in [0.15, 0.2) is 0 Å². The number of carbonyl (C=O) groups excluding carboxylic acids is 2. The lowest BCUT2D eigenvalue weighted by Crippen LogP contribution is -2.53. The summed E-state index contributed by atoms with van der Waals surface area (Å²) in [4.78, 5) is 26.6. The molecule has 0 saturated carbocycles. The number of hydrogen-bond acceptors (Lipinski definition) is 3. The number of hydrogen-bond donors (Lipinski definition) is 3. The lowest BCUT2D eigenvalue weighted by Gasteiger charge is -2.35. The summed E-state index contributed by atoms with van der Waals surface area (Å²) in [6.45, 7) is 4.83. The SMILES string of the molecule is Cc1ccc(F)c(N2CCCC(NC(=O)NC(C)C(=O)Nc3ccccc3)C2)c1. The third kappa shape index (κ3) is 5.70. The van der Waals surface area contributed by atoms with Crippen LogP contribution >= 0.6 is 0 Å². The van der Waals surface area contributed by atoms with E-state index in [0.29, 0.717) is 17.9 Å². The predicted molar refractivity (Wildman–Crippen MR) is 113 cm³/mol. The smallest absolute Gasteiger partial charge is 0.315 e. The first-order chi connectivity index (χ1) is 13.9. The second-order valence-corrected chi connectivity index (χ2v) is 7.43. The van der Waals surface area contributed by atoms with E-state index in [-0.39, 0.29) is 17.8 Å². The van der Waals surface area contributed by atoms with Crippen LogP contribution in [0.4, 0.5) is 20.6 Å². The largest absolute Gasteiger partial charge is 0.367 e. The Morgan fingerprint density at radius 3 is 2.69 bits per heavy atom. The van der Waals surface area contributed by atoms with Crippen molar-refractivity contribution < 1.29 is 14.0 Å². The molecule has 0 bridgehead atoms. The molecular formula is C22H27FN4O2. The normalized spacial score (nSPS) is 17.3. The summed E-state index contributed by atoms with van der Waals surface area (Å²) in [5.41, 5.74) is 2.23. The molecule has 3 rings (SSSR count). The van der Waals surface area contributed by atoms with Crippen molar-refractivity contribution in [2.75, 3.05) is 23.3 Å². The van der Waals surface area contributed by atoms with Gasteiger partial charge in [-0.25, -0.2) is 9.18 Å². The fraction of sp³-hybridized carbons (Fsp3) is 0.364. The first-order valence-electron chi connectivity index (χ1n) is 9.86. The number of rotatable bonds is 5. The summed E-state index contributed by atoms with van der Waals surface area (Å²) < 4.78 is 14.2. The van der Waals surface area contributed by atoms with E-state index in [1.54, 1.807) is 25.1 Å². The number of anilines is 2. The highest BCUT2D eigenvalue weighted by Gasteiger charge is 2.24. The second-order valence-electron chi connectivity index (χ2n) is 7.43. The first-order valence-corrected chi connectivity index (χ1v) is 9.86. The van der Waals surface area contributed by atoms with Gasteiger partial charge in [-0.1, -0.05) is 24.3 Å². The van der Waals surface area contributed by atoms with Crippen LogP contribution in [0.15, 0.2) is 48.5 Å². The Balaban J connectivity index is 1.52. The molecule has 0 spiro atoms. The van der Waals surface area contributed by atoms with Crippen LogP contribution in [0.25, 0.3) is 0 Å². The van der Waals surface area contributed by atoms with Gasteiger partial charge in [-0.05, 0) is 56.5 Å². The summed E-state index contributed by atoms with van der Waals surface area (Å²) in [5, 5.41) is 8.34. The van der Waals surface area contributed by atoms with Gasteiger partial charge >= 0.3 is 6.03 Å². The van der Waals surface area contributed by atoms with Crippen LogP contribution in [-0.4, -0.2) is 37.1 Å². The predicted octanol–water partition coefficient (Wildman–Crippen LogP) is 3.43. The number of piperidine rings is 1. The van der Waals surface area contributed by atoms with Gasteiger partial charge < -0.3 is 20.9 Å². The molecule has 2 aromatic carbocycles. The fourth-order valence-corrected chi connectivity index (χ4v) is 3.44. The number of halogens is 1. The van der Waals surface area contributed by atoms with Crippen molar-refractivity contribution in [3.05, 3.63) is 59.9 Å². The molecule has 1 heterocycles. The molecule has 1 fully saturated rings. The Morgan fingerprint density at radius 1 is 1.17 bits per heavy atom. The molecule has 6 nitrogen and oxygen atoms in total. The van der Waals surface area contributed by atoms with Gasteiger partial charge in [0.05, 0.1) is 5.69 Å². The van der Waals surface area contributed by atoms with Crippen molar-refractivity contribution in [1.29, 1.82) is 0 Å². The highest BCUT2D eigenvalue weighted by molar-refractivity contribution is 5.96. The maximum Gasteiger partial charge on any atom is 0.315 e. The van der Waals surface area contributed by atoms with E-state index in [2.05, 4.69) is 16.0 Å². The number of amides is 3. The molecular weight excluding hydrogens is 371 g/mol. The van der Waals surface area contributed by atoms with Crippen LogP contribution in [0.5, 0.6) is 0 Å². The summed E-state index contributed by atoms with van der Waals surface area (Å²) in [6.07, 6.45) is 1.66. The maximum absolute atomic E-state index is 14.2. The highest BCUT2D eigenvalue weighted by Crippen LogP contribution is 2.24. The Labute approximate surface area is 170 Å². The minimum atomic E-state index is -0.691. The Kier molecular flexibility index (Phi) is 6.69. The molecule has 1 aliphatic heterocycles. The Morgan fingerprint density at radius 2 is 1.93 bits per heavy atom. The minimum Gasteiger partial charge on any atom is -0.367 e. The van der Waals surface area contributed by atoms with Crippen molar-refractivity contribution in [2.45, 2.75) is 38.8 Å². The van der Waals surface area contributed by atoms with Crippen LogP contribution in [0.3, 0.4) is 0 Å². The highest BCUT2D eigenvalue weighted by atomic mass is 19.1. The van der Waals surface area contributed by atoms with Gasteiger partial charge in [0.1, 0.15) is 11.9 Å². The third-order valence-corrected chi connectivity index (χ3v) is 4.98. The lowest BCUT2D eigenvalue weighted by atomic mass is 10.0.